The van der Waals surface area contributed by atoms with Gasteiger partial charge in [-0.25, -0.2) is 0 Å². The van der Waals surface area contributed by atoms with E-state index in [0.29, 0.717) is 25.7 Å². The average molecular weight is 259 g/mol. The lowest BCUT2D eigenvalue weighted by Gasteiger charge is -2.27. The van der Waals surface area contributed by atoms with Crippen molar-refractivity contribution in [3.8, 4) is 0 Å². The summed E-state index contributed by atoms with van der Waals surface area (Å²) in [5.41, 5.74) is 0.0541. The average Bonchev–Trinajstić information content (AvgIpc) is 2.78. The molecule has 1 unspecified atom stereocenters. The zero-order valence-corrected chi connectivity index (χ0v) is 11.8. The van der Waals surface area contributed by atoms with E-state index in [1.165, 1.54) is 12.8 Å². The zero-order chi connectivity index (χ0) is 13.4. The van der Waals surface area contributed by atoms with Gasteiger partial charge >= 0.3 is 0 Å². The Hall–Kier alpha value is -0.160. The van der Waals surface area contributed by atoms with E-state index in [1.54, 1.807) is 0 Å². The molecular weight excluding hydrogens is 230 g/mol. The summed E-state index contributed by atoms with van der Waals surface area (Å²) in [7, 11) is 0. The topological polar surface area (TPSA) is 61.7 Å². The maximum atomic E-state index is 9.74. The number of aliphatic hydroxyl groups is 2. The van der Waals surface area contributed by atoms with Gasteiger partial charge in [0.2, 0.25) is 0 Å². The van der Waals surface area contributed by atoms with Crippen LogP contribution in [0.2, 0.25) is 0 Å². The van der Waals surface area contributed by atoms with Crippen LogP contribution < -0.4 is 5.32 Å². The molecule has 0 amide bonds. The van der Waals surface area contributed by atoms with Crippen LogP contribution in [0.5, 0.6) is 0 Å². The fourth-order valence-corrected chi connectivity index (χ4v) is 2.52. The first-order valence-electron chi connectivity index (χ1n) is 7.15. The van der Waals surface area contributed by atoms with E-state index < -0.39 is 6.10 Å². The minimum Gasteiger partial charge on any atom is -0.396 e. The van der Waals surface area contributed by atoms with E-state index >= 15 is 0 Å². The first kappa shape index (κ1) is 15.9. The summed E-state index contributed by atoms with van der Waals surface area (Å²) < 4.78 is 5.39. The molecule has 0 aliphatic heterocycles. The van der Waals surface area contributed by atoms with Gasteiger partial charge in [0.1, 0.15) is 0 Å². The van der Waals surface area contributed by atoms with Crippen LogP contribution in [0.15, 0.2) is 0 Å². The Balaban J connectivity index is 2.09. The molecule has 1 atom stereocenters. The molecule has 1 saturated carbocycles. The molecule has 4 nitrogen and oxygen atoms in total. The van der Waals surface area contributed by atoms with E-state index in [0.717, 1.165) is 19.4 Å². The van der Waals surface area contributed by atoms with E-state index in [4.69, 9.17) is 4.74 Å². The van der Waals surface area contributed by atoms with Gasteiger partial charge < -0.3 is 20.3 Å². The molecule has 0 bridgehead atoms. The van der Waals surface area contributed by atoms with Gasteiger partial charge in [0, 0.05) is 31.7 Å². The quantitative estimate of drug-likeness (QED) is 0.581. The molecule has 0 heterocycles. The first-order chi connectivity index (χ1) is 8.58. The minimum atomic E-state index is -0.458. The predicted octanol–water partition coefficient (Wildman–Crippen LogP) is 1.16. The van der Waals surface area contributed by atoms with Crippen LogP contribution >= 0.6 is 0 Å². The number of aliphatic hydroxyl groups excluding tert-OH is 2. The summed E-state index contributed by atoms with van der Waals surface area (Å²) in [5, 5.41) is 22.5. The van der Waals surface area contributed by atoms with Crippen LogP contribution in [0.25, 0.3) is 0 Å². The van der Waals surface area contributed by atoms with Crippen molar-refractivity contribution in [2.45, 2.75) is 45.6 Å². The van der Waals surface area contributed by atoms with Gasteiger partial charge in [0.05, 0.1) is 12.7 Å². The molecule has 0 radical (unpaired) electrons. The summed E-state index contributed by atoms with van der Waals surface area (Å²) in [6.45, 7) is 6.85. The Morgan fingerprint density at radius 2 is 1.89 bits per heavy atom. The second kappa shape index (κ2) is 8.10. The molecule has 0 spiro atoms. The number of rotatable bonds is 9. The van der Waals surface area contributed by atoms with Gasteiger partial charge in [0.15, 0.2) is 0 Å². The standard InChI is InChI=1S/C14H29NO3/c1-12(2)8-18-9-13(17)7-15-10-14(11-16)5-3-4-6-14/h12-13,15-17H,3-11H2,1-2H3. The van der Waals surface area contributed by atoms with E-state index in [2.05, 4.69) is 19.2 Å². The van der Waals surface area contributed by atoms with Crippen LogP contribution in [-0.4, -0.2) is 49.2 Å². The van der Waals surface area contributed by atoms with Crippen LogP contribution in [0.1, 0.15) is 39.5 Å². The van der Waals surface area contributed by atoms with Gasteiger partial charge in [-0.1, -0.05) is 26.7 Å². The van der Waals surface area contributed by atoms with Crippen molar-refractivity contribution in [3.63, 3.8) is 0 Å². The molecule has 3 N–H and O–H groups in total. The molecule has 1 aliphatic carbocycles. The summed E-state index contributed by atoms with van der Waals surface area (Å²) in [6.07, 6.45) is 4.15. The van der Waals surface area contributed by atoms with Crippen molar-refractivity contribution in [1.82, 2.24) is 5.32 Å². The maximum absolute atomic E-state index is 9.74. The van der Waals surface area contributed by atoms with Crippen molar-refractivity contribution >= 4 is 0 Å². The second-order valence-electron chi connectivity index (χ2n) is 6.08. The summed E-state index contributed by atoms with van der Waals surface area (Å²) in [4.78, 5) is 0. The molecule has 1 aliphatic rings. The first-order valence-corrected chi connectivity index (χ1v) is 7.15. The number of ether oxygens (including phenoxy) is 1. The van der Waals surface area contributed by atoms with Crippen molar-refractivity contribution in [2.24, 2.45) is 11.3 Å². The fraction of sp³-hybridized carbons (Fsp3) is 1.00. The van der Waals surface area contributed by atoms with Gasteiger partial charge in [-0.15, -0.1) is 0 Å². The van der Waals surface area contributed by atoms with Gasteiger partial charge in [-0.3, -0.25) is 0 Å². The minimum absolute atomic E-state index is 0.0541. The highest BCUT2D eigenvalue weighted by Gasteiger charge is 2.32. The van der Waals surface area contributed by atoms with Crippen molar-refractivity contribution in [2.75, 3.05) is 32.9 Å². The molecule has 0 saturated heterocycles. The third-order valence-corrected chi connectivity index (χ3v) is 3.64. The lowest BCUT2D eigenvalue weighted by atomic mass is 9.87. The van der Waals surface area contributed by atoms with Gasteiger partial charge in [0.25, 0.3) is 0 Å². The Morgan fingerprint density at radius 3 is 2.44 bits per heavy atom. The molecule has 0 aromatic rings. The van der Waals surface area contributed by atoms with Crippen LogP contribution in [0.4, 0.5) is 0 Å². The lowest BCUT2D eigenvalue weighted by Crippen LogP contribution is -2.39. The Bertz CT molecular complexity index is 215. The van der Waals surface area contributed by atoms with E-state index in [1.807, 2.05) is 0 Å². The third kappa shape index (κ3) is 5.65. The molecule has 1 rings (SSSR count). The Morgan fingerprint density at radius 1 is 1.22 bits per heavy atom. The molecule has 18 heavy (non-hydrogen) atoms. The molecule has 0 aromatic heterocycles. The fourth-order valence-electron chi connectivity index (χ4n) is 2.52. The zero-order valence-electron chi connectivity index (χ0n) is 11.8. The monoisotopic (exact) mass is 259 g/mol. The predicted molar refractivity (Wildman–Crippen MR) is 72.5 cm³/mol. The van der Waals surface area contributed by atoms with Crippen LogP contribution in [0, 0.1) is 11.3 Å². The van der Waals surface area contributed by atoms with E-state index in [-0.39, 0.29) is 12.0 Å². The Labute approximate surface area is 111 Å². The number of nitrogens with one attached hydrogen (secondary N) is 1. The number of hydrogen-bond acceptors (Lipinski definition) is 4. The maximum Gasteiger partial charge on any atom is 0.0897 e. The van der Waals surface area contributed by atoms with Gasteiger partial charge in [-0.05, 0) is 18.8 Å². The van der Waals surface area contributed by atoms with Crippen LogP contribution in [-0.2, 0) is 4.74 Å². The molecule has 108 valence electrons. The smallest absolute Gasteiger partial charge is 0.0897 e. The van der Waals surface area contributed by atoms with Crippen molar-refractivity contribution in [3.05, 3.63) is 0 Å². The highest BCUT2D eigenvalue weighted by molar-refractivity contribution is 4.86. The second-order valence-corrected chi connectivity index (χ2v) is 6.08. The Kier molecular flexibility index (Phi) is 7.15. The summed E-state index contributed by atoms with van der Waals surface area (Å²) in [6, 6.07) is 0. The largest absolute Gasteiger partial charge is 0.396 e. The molecular formula is C14H29NO3. The molecule has 4 heteroatoms. The summed E-state index contributed by atoms with van der Waals surface area (Å²) in [5.74, 6) is 0.501. The highest BCUT2D eigenvalue weighted by atomic mass is 16.5. The summed E-state index contributed by atoms with van der Waals surface area (Å²) >= 11 is 0. The van der Waals surface area contributed by atoms with Crippen molar-refractivity contribution in [1.29, 1.82) is 0 Å². The lowest BCUT2D eigenvalue weighted by molar-refractivity contribution is 0.0237. The molecule has 1 fully saturated rings. The van der Waals surface area contributed by atoms with Crippen LogP contribution in [0.3, 0.4) is 0 Å². The SMILES string of the molecule is CC(C)COCC(O)CNCC1(CO)CCCC1. The molecule has 0 aromatic carbocycles. The third-order valence-electron chi connectivity index (χ3n) is 3.64. The van der Waals surface area contributed by atoms with Gasteiger partial charge in [-0.2, -0.15) is 0 Å². The van der Waals surface area contributed by atoms with E-state index in [9.17, 15) is 10.2 Å². The highest BCUT2D eigenvalue weighted by Crippen LogP contribution is 2.36. The number of hydrogen-bond donors (Lipinski definition) is 3. The van der Waals surface area contributed by atoms with Crippen molar-refractivity contribution < 1.29 is 14.9 Å². The normalized spacial score (nSPS) is 20.5.